The second-order valence-corrected chi connectivity index (χ2v) is 7.50. The number of nitrogens with zero attached hydrogens (tertiary/aromatic N) is 1. The summed E-state index contributed by atoms with van der Waals surface area (Å²) in [4.78, 5) is 28.3. The number of nitrogens with one attached hydrogen (secondary N) is 1. The molecule has 0 atom stereocenters. The van der Waals surface area contributed by atoms with Crippen LogP contribution in [0, 0.1) is 5.82 Å². The maximum absolute atomic E-state index is 13.9. The van der Waals surface area contributed by atoms with E-state index in [4.69, 9.17) is 0 Å². The zero-order chi connectivity index (χ0) is 22.7. The highest BCUT2D eigenvalue weighted by Crippen LogP contribution is 2.35. The van der Waals surface area contributed by atoms with Gasteiger partial charge in [-0.05, 0) is 36.2 Å². The van der Waals surface area contributed by atoms with Crippen molar-refractivity contribution in [3.8, 4) is 22.4 Å². The molecule has 6 heteroatoms. The van der Waals surface area contributed by atoms with Crippen molar-refractivity contribution in [1.82, 2.24) is 4.98 Å². The van der Waals surface area contributed by atoms with Crippen LogP contribution in [-0.4, -0.2) is 28.4 Å². The molecular formula is C26H21FN2O3. The van der Waals surface area contributed by atoms with E-state index in [1.165, 1.54) is 25.1 Å². The third-order valence-electron chi connectivity index (χ3n) is 5.21. The van der Waals surface area contributed by atoms with Crippen molar-refractivity contribution in [2.45, 2.75) is 13.3 Å². The van der Waals surface area contributed by atoms with E-state index < -0.39 is 11.8 Å². The number of carbonyl (C=O) groups excluding carboxylic acids is 1. The van der Waals surface area contributed by atoms with Crippen molar-refractivity contribution in [3.05, 3.63) is 84.2 Å². The lowest BCUT2D eigenvalue weighted by Gasteiger charge is -2.17. The molecule has 0 aliphatic heterocycles. The maximum atomic E-state index is 13.9. The minimum absolute atomic E-state index is 0.0251. The first kappa shape index (κ1) is 21.2. The Morgan fingerprint density at radius 3 is 2.25 bits per heavy atom. The van der Waals surface area contributed by atoms with Crippen molar-refractivity contribution in [3.63, 3.8) is 0 Å². The number of carboxylic acid groups (broad SMARTS) is 1. The number of benzene rings is 3. The summed E-state index contributed by atoms with van der Waals surface area (Å²) in [5.41, 5.74) is 3.80. The Balaban J connectivity index is 1.87. The van der Waals surface area contributed by atoms with Crippen LogP contribution in [0.3, 0.4) is 0 Å². The van der Waals surface area contributed by atoms with Gasteiger partial charge in [-0.2, -0.15) is 0 Å². The summed E-state index contributed by atoms with van der Waals surface area (Å²) < 4.78 is 13.9. The molecule has 0 unspecified atom stereocenters. The fourth-order valence-electron chi connectivity index (χ4n) is 3.65. The van der Waals surface area contributed by atoms with Gasteiger partial charge in [0.25, 0.3) is 0 Å². The molecule has 0 saturated heterocycles. The number of aromatic nitrogens is 1. The highest BCUT2D eigenvalue weighted by molar-refractivity contribution is 6.10. The number of fused-ring (bicyclic) bond motifs is 1. The van der Waals surface area contributed by atoms with E-state index in [-0.39, 0.29) is 35.4 Å². The quantitative estimate of drug-likeness (QED) is 0.389. The van der Waals surface area contributed by atoms with E-state index >= 15 is 0 Å². The van der Waals surface area contributed by atoms with E-state index in [0.29, 0.717) is 16.8 Å². The second-order valence-electron chi connectivity index (χ2n) is 7.50. The molecule has 32 heavy (non-hydrogen) atoms. The summed E-state index contributed by atoms with van der Waals surface area (Å²) in [6.45, 7) is 1.71. The number of halogens is 1. The van der Waals surface area contributed by atoms with Crippen LogP contribution in [0.15, 0.2) is 72.8 Å². The van der Waals surface area contributed by atoms with Crippen molar-refractivity contribution in [1.29, 1.82) is 0 Å². The molecule has 4 aromatic rings. The molecule has 160 valence electrons. The number of rotatable bonds is 7. The first-order valence-corrected chi connectivity index (χ1v) is 10.2. The van der Waals surface area contributed by atoms with Crippen molar-refractivity contribution < 1.29 is 19.1 Å². The molecule has 0 fully saturated rings. The minimum atomic E-state index is -1.20. The Morgan fingerprint density at radius 2 is 1.59 bits per heavy atom. The molecule has 0 bridgehead atoms. The predicted molar refractivity (Wildman–Crippen MR) is 123 cm³/mol. The summed E-state index contributed by atoms with van der Waals surface area (Å²) in [6, 6.07) is 21.4. The van der Waals surface area contributed by atoms with Crippen LogP contribution in [0.2, 0.25) is 0 Å². The number of ketones is 1. The third-order valence-corrected chi connectivity index (χ3v) is 5.21. The van der Waals surface area contributed by atoms with Gasteiger partial charge in [0.2, 0.25) is 0 Å². The van der Waals surface area contributed by atoms with Crippen LogP contribution < -0.4 is 5.32 Å². The van der Waals surface area contributed by atoms with Gasteiger partial charge in [0, 0.05) is 23.9 Å². The molecule has 0 radical (unpaired) electrons. The maximum Gasteiger partial charge on any atom is 0.338 e. The molecule has 0 saturated carbocycles. The number of carbonyl (C=O) groups is 2. The van der Waals surface area contributed by atoms with Gasteiger partial charge in [0.15, 0.2) is 0 Å². The lowest BCUT2D eigenvalue weighted by atomic mass is 9.98. The zero-order valence-corrected chi connectivity index (χ0v) is 17.4. The molecule has 1 aromatic heterocycles. The SMILES string of the molecule is CC(=O)CCNc1c(-c2ccc(-c3ccccc3)cc2)nc2ccc(F)cc2c1C(=O)O. The Morgan fingerprint density at radius 1 is 0.938 bits per heavy atom. The first-order chi connectivity index (χ1) is 15.4. The number of Topliss-reactive ketones (excluding diaryl/α,β-unsaturated/α-hetero) is 1. The molecule has 0 amide bonds. The van der Waals surface area contributed by atoms with Gasteiger partial charge in [0.1, 0.15) is 11.6 Å². The molecule has 0 aliphatic rings. The van der Waals surface area contributed by atoms with E-state index in [2.05, 4.69) is 10.3 Å². The highest BCUT2D eigenvalue weighted by Gasteiger charge is 2.22. The second kappa shape index (κ2) is 8.98. The standard InChI is InChI=1S/C26H21FN2O3/c1-16(30)13-14-28-25-23(26(31)32)21-15-20(27)11-12-22(21)29-24(25)19-9-7-18(8-10-19)17-5-3-2-4-6-17/h2-12,15,28H,13-14H2,1H3,(H,31,32). The molecule has 0 aliphatic carbocycles. The summed E-state index contributed by atoms with van der Waals surface area (Å²) in [5.74, 6) is -1.77. The molecule has 2 N–H and O–H groups in total. The van der Waals surface area contributed by atoms with Crippen LogP contribution in [0.1, 0.15) is 23.7 Å². The van der Waals surface area contributed by atoms with E-state index in [1.807, 2.05) is 54.6 Å². The average molecular weight is 428 g/mol. The molecule has 3 aromatic carbocycles. The summed E-state index contributed by atoms with van der Waals surface area (Å²) in [7, 11) is 0. The highest BCUT2D eigenvalue weighted by atomic mass is 19.1. The lowest BCUT2D eigenvalue weighted by Crippen LogP contribution is -2.13. The Hall–Kier alpha value is -4.06. The van der Waals surface area contributed by atoms with Gasteiger partial charge >= 0.3 is 5.97 Å². The zero-order valence-electron chi connectivity index (χ0n) is 17.4. The Labute approximate surface area is 184 Å². The van der Waals surface area contributed by atoms with Crippen LogP contribution in [0.25, 0.3) is 33.3 Å². The van der Waals surface area contributed by atoms with Gasteiger partial charge in [-0.3, -0.25) is 4.79 Å². The Kier molecular flexibility index (Phi) is 5.94. The fourth-order valence-corrected chi connectivity index (χ4v) is 3.65. The topological polar surface area (TPSA) is 79.3 Å². The van der Waals surface area contributed by atoms with Gasteiger partial charge < -0.3 is 10.4 Å². The van der Waals surface area contributed by atoms with Crippen LogP contribution >= 0.6 is 0 Å². The molecule has 1 heterocycles. The molecule has 4 rings (SSSR count). The largest absolute Gasteiger partial charge is 0.478 e. The third kappa shape index (κ3) is 4.34. The van der Waals surface area contributed by atoms with Gasteiger partial charge in [-0.25, -0.2) is 14.2 Å². The number of pyridine rings is 1. The summed E-state index contributed by atoms with van der Waals surface area (Å²) in [5, 5.41) is 13.2. The van der Waals surface area contributed by atoms with E-state index in [9.17, 15) is 19.1 Å². The van der Waals surface area contributed by atoms with Crippen LogP contribution in [0.5, 0.6) is 0 Å². The summed E-state index contributed by atoms with van der Waals surface area (Å²) in [6.07, 6.45) is 0.229. The Bertz CT molecular complexity index is 1300. The summed E-state index contributed by atoms with van der Waals surface area (Å²) >= 11 is 0. The van der Waals surface area contributed by atoms with Crippen LogP contribution in [-0.2, 0) is 4.79 Å². The normalized spacial score (nSPS) is 10.8. The smallest absolute Gasteiger partial charge is 0.338 e. The van der Waals surface area contributed by atoms with E-state index in [0.717, 1.165) is 11.1 Å². The minimum Gasteiger partial charge on any atom is -0.478 e. The van der Waals surface area contributed by atoms with Crippen molar-refractivity contribution >= 4 is 28.3 Å². The molecular weight excluding hydrogens is 407 g/mol. The van der Waals surface area contributed by atoms with Crippen molar-refractivity contribution in [2.24, 2.45) is 0 Å². The predicted octanol–water partition coefficient (Wildman–Crippen LogP) is 5.80. The monoisotopic (exact) mass is 428 g/mol. The average Bonchev–Trinajstić information content (AvgIpc) is 2.78. The number of anilines is 1. The molecule has 5 nitrogen and oxygen atoms in total. The fraction of sp³-hybridized carbons (Fsp3) is 0.115. The van der Waals surface area contributed by atoms with Crippen molar-refractivity contribution in [2.75, 3.05) is 11.9 Å². The lowest BCUT2D eigenvalue weighted by molar-refractivity contribution is -0.116. The van der Waals surface area contributed by atoms with Gasteiger partial charge in [-0.1, -0.05) is 54.6 Å². The van der Waals surface area contributed by atoms with Gasteiger partial charge in [0.05, 0.1) is 22.5 Å². The first-order valence-electron chi connectivity index (χ1n) is 10.2. The molecule has 0 spiro atoms. The van der Waals surface area contributed by atoms with Gasteiger partial charge in [-0.15, -0.1) is 0 Å². The van der Waals surface area contributed by atoms with E-state index in [1.54, 1.807) is 0 Å². The van der Waals surface area contributed by atoms with Crippen LogP contribution in [0.4, 0.5) is 10.1 Å². The number of carboxylic acids is 1. The number of hydrogen-bond acceptors (Lipinski definition) is 4. The number of hydrogen-bond donors (Lipinski definition) is 2. The number of aromatic carboxylic acids is 1.